The van der Waals surface area contributed by atoms with Crippen LogP contribution in [0.3, 0.4) is 0 Å². The van der Waals surface area contributed by atoms with E-state index >= 15 is 0 Å². The van der Waals surface area contributed by atoms with Crippen molar-refractivity contribution in [3.63, 3.8) is 0 Å². The predicted octanol–water partition coefficient (Wildman–Crippen LogP) is 2.43. The molecule has 18 heavy (non-hydrogen) atoms. The van der Waals surface area contributed by atoms with E-state index in [1.165, 1.54) is 13.2 Å². The first kappa shape index (κ1) is 14.3. The summed E-state index contributed by atoms with van der Waals surface area (Å²) in [5, 5.41) is 0. The number of ether oxygens (including phenoxy) is 1. The number of rotatable bonds is 4. The molecule has 1 rings (SSSR count). The molecule has 0 radical (unpaired) electrons. The topological polar surface area (TPSA) is 55.6 Å². The Bertz CT molecular complexity index is 449. The minimum absolute atomic E-state index is 0.0839. The van der Waals surface area contributed by atoms with Crippen LogP contribution in [0.1, 0.15) is 30.6 Å². The number of esters is 1. The highest BCUT2D eigenvalue weighted by atomic mass is 19.1. The van der Waals surface area contributed by atoms with Crippen LogP contribution in [-0.2, 0) is 4.74 Å². The summed E-state index contributed by atoms with van der Waals surface area (Å²) in [4.78, 5) is 13.3. The van der Waals surface area contributed by atoms with Crippen molar-refractivity contribution < 1.29 is 13.9 Å². The van der Waals surface area contributed by atoms with E-state index in [0.717, 1.165) is 12.5 Å². The molecule has 1 aromatic carbocycles. The van der Waals surface area contributed by atoms with E-state index in [-0.39, 0.29) is 17.3 Å². The van der Waals surface area contributed by atoms with Crippen molar-refractivity contribution in [1.82, 2.24) is 0 Å². The van der Waals surface area contributed by atoms with Crippen molar-refractivity contribution in [1.29, 1.82) is 0 Å². The molecule has 1 unspecified atom stereocenters. The molecule has 4 nitrogen and oxygen atoms in total. The molecular formula is C13H19FN2O2. The van der Waals surface area contributed by atoms with Gasteiger partial charge in [0.25, 0.3) is 0 Å². The van der Waals surface area contributed by atoms with E-state index in [1.807, 2.05) is 13.8 Å². The Morgan fingerprint density at radius 2 is 2.17 bits per heavy atom. The highest BCUT2D eigenvalue weighted by Gasteiger charge is 2.18. The van der Waals surface area contributed by atoms with Crippen LogP contribution in [-0.4, -0.2) is 26.2 Å². The maximum absolute atomic E-state index is 13.9. The lowest BCUT2D eigenvalue weighted by atomic mass is 10.1. The van der Waals surface area contributed by atoms with Gasteiger partial charge >= 0.3 is 5.97 Å². The number of hydrogen-bond acceptors (Lipinski definition) is 4. The average Bonchev–Trinajstić information content (AvgIpc) is 2.36. The van der Waals surface area contributed by atoms with Gasteiger partial charge in [0.2, 0.25) is 0 Å². The molecule has 0 saturated carbocycles. The number of carbonyl (C=O) groups excluding carboxylic acids is 1. The lowest BCUT2D eigenvalue weighted by molar-refractivity contribution is 0.0602. The molecule has 100 valence electrons. The quantitative estimate of drug-likeness (QED) is 0.662. The second kappa shape index (κ2) is 5.71. The maximum Gasteiger partial charge on any atom is 0.340 e. The summed E-state index contributed by atoms with van der Waals surface area (Å²) in [7, 11) is 3.05. The lowest BCUT2D eigenvalue weighted by Crippen LogP contribution is -2.29. The van der Waals surface area contributed by atoms with Crippen molar-refractivity contribution in [2.75, 3.05) is 24.8 Å². The van der Waals surface area contributed by atoms with Crippen LogP contribution >= 0.6 is 0 Å². The molecule has 0 heterocycles. The summed E-state index contributed by atoms with van der Waals surface area (Å²) in [6, 6.07) is 2.75. The summed E-state index contributed by atoms with van der Waals surface area (Å²) in [6.07, 6.45) is 0.869. The van der Waals surface area contributed by atoms with Crippen molar-refractivity contribution in [3.05, 3.63) is 23.5 Å². The van der Waals surface area contributed by atoms with Crippen LogP contribution in [0.5, 0.6) is 0 Å². The molecule has 1 atom stereocenters. The number of nitrogen functional groups attached to an aromatic ring is 1. The van der Waals surface area contributed by atoms with Crippen LogP contribution in [0, 0.1) is 5.82 Å². The largest absolute Gasteiger partial charge is 0.465 e. The fourth-order valence-electron chi connectivity index (χ4n) is 1.65. The summed E-state index contributed by atoms with van der Waals surface area (Å²) < 4.78 is 18.5. The fourth-order valence-corrected chi connectivity index (χ4v) is 1.65. The summed E-state index contributed by atoms with van der Waals surface area (Å²) >= 11 is 0. The molecular weight excluding hydrogens is 235 g/mol. The lowest BCUT2D eigenvalue weighted by Gasteiger charge is -2.27. The second-order valence-electron chi connectivity index (χ2n) is 4.25. The number of halogens is 1. The molecule has 0 aliphatic rings. The Morgan fingerprint density at radius 1 is 1.56 bits per heavy atom. The first-order chi connectivity index (χ1) is 8.42. The molecule has 0 aromatic heterocycles. The number of hydrogen-bond donors (Lipinski definition) is 1. The Morgan fingerprint density at radius 3 is 2.67 bits per heavy atom. The zero-order chi connectivity index (χ0) is 13.9. The van der Waals surface area contributed by atoms with Crippen LogP contribution in [0.25, 0.3) is 0 Å². The Labute approximate surface area is 107 Å². The zero-order valence-electron chi connectivity index (χ0n) is 11.2. The minimum Gasteiger partial charge on any atom is -0.465 e. The van der Waals surface area contributed by atoms with Gasteiger partial charge in [0.15, 0.2) is 0 Å². The summed E-state index contributed by atoms with van der Waals surface area (Å²) in [5.41, 5.74) is 6.23. The van der Waals surface area contributed by atoms with E-state index in [0.29, 0.717) is 5.69 Å². The summed E-state index contributed by atoms with van der Waals surface area (Å²) in [6.45, 7) is 3.99. The third kappa shape index (κ3) is 2.72. The number of methoxy groups -OCH3 is 1. The molecule has 0 spiro atoms. The first-order valence-corrected chi connectivity index (χ1v) is 5.82. The maximum atomic E-state index is 13.9. The van der Waals surface area contributed by atoms with Gasteiger partial charge < -0.3 is 15.4 Å². The molecule has 5 heteroatoms. The van der Waals surface area contributed by atoms with Gasteiger partial charge in [-0.15, -0.1) is 0 Å². The predicted molar refractivity (Wildman–Crippen MR) is 70.3 cm³/mol. The van der Waals surface area contributed by atoms with E-state index in [1.54, 1.807) is 11.9 Å². The van der Waals surface area contributed by atoms with Crippen LogP contribution in [0.4, 0.5) is 15.8 Å². The molecule has 0 bridgehead atoms. The van der Waals surface area contributed by atoms with E-state index < -0.39 is 11.8 Å². The van der Waals surface area contributed by atoms with Gasteiger partial charge in [0.05, 0.1) is 18.4 Å². The van der Waals surface area contributed by atoms with Crippen molar-refractivity contribution in [2.45, 2.75) is 26.3 Å². The third-order valence-corrected chi connectivity index (χ3v) is 3.16. The smallest absolute Gasteiger partial charge is 0.340 e. The average molecular weight is 254 g/mol. The molecule has 0 amide bonds. The zero-order valence-corrected chi connectivity index (χ0v) is 11.2. The van der Waals surface area contributed by atoms with Gasteiger partial charge in [-0.25, -0.2) is 9.18 Å². The highest BCUT2D eigenvalue weighted by Crippen LogP contribution is 2.27. The van der Waals surface area contributed by atoms with Crippen molar-refractivity contribution in [2.24, 2.45) is 0 Å². The third-order valence-electron chi connectivity index (χ3n) is 3.16. The molecule has 1 aromatic rings. The number of carbonyl (C=O) groups is 1. The highest BCUT2D eigenvalue weighted by molar-refractivity contribution is 5.96. The fraction of sp³-hybridized carbons (Fsp3) is 0.462. The Kier molecular flexibility index (Phi) is 4.53. The summed E-state index contributed by atoms with van der Waals surface area (Å²) in [5.74, 6) is -1.01. The van der Waals surface area contributed by atoms with Crippen LogP contribution in [0.2, 0.25) is 0 Å². The second-order valence-corrected chi connectivity index (χ2v) is 4.25. The normalized spacial score (nSPS) is 12.1. The molecule has 0 fully saturated rings. The number of anilines is 2. The Hall–Kier alpha value is -1.78. The van der Waals surface area contributed by atoms with E-state index in [4.69, 9.17) is 5.73 Å². The van der Waals surface area contributed by atoms with Crippen molar-refractivity contribution >= 4 is 17.3 Å². The molecule has 0 aliphatic carbocycles. The number of nitrogens with two attached hydrogens (primary N) is 1. The van der Waals surface area contributed by atoms with E-state index in [9.17, 15) is 9.18 Å². The van der Waals surface area contributed by atoms with Gasteiger partial charge in [-0.1, -0.05) is 6.92 Å². The van der Waals surface area contributed by atoms with E-state index in [2.05, 4.69) is 4.74 Å². The standard InChI is InChI=1S/C13H19FN2O2/c1-5-8(2)16(3)12-6-9(13(17)18-4)11(15)7-10(12)14/h6-8H,5,15H2,1-4H3. The van der Waals surface area contributed by atoms with Gasteiger partial charge in [-0.3, -0.25) is 0 Å². The molecule has 2 N–H and O–H groups in total. The SMILES string of the molecule is CCC(C)N(C)c1cc(C(=O)OC)c(N)cc1F. The number of benzene rings is 1. The van der Waals surface area contributed by atoms with Gasteiger partial charge in [-0.2, -0.15) is 0 Å². The van der Waals surface area contributed by atoms with Gasteiger partial charge in [-0.05, 0) is 25.5 Å². The molecule has 0 saturated heterocycles. The number of nitrogens with zero attached hydrogens (tertiary/aromatic N) is 1. The minimum atomic E-state index is -0.564. The van der Waals surface area contributed by atoms with Crippen LogP contribution < -0.4 is 10.6 Å². The van der Waals surface area contributed by atoms with Crippen LogP contribution in [0.15, 0.2) is 12.1 Å². The first-order valence-electron chi connectivity index (χ1n) is 5.82. The molecule has 0 aliphatic heterocycles. The monoisotopic (exact) mass is 254 g/mol. The van der Waals surface area contributed by atoms with Gasteiger partial charge in [0.1, 0.15) is 5.82 Å². The van der Waals surface area contributed by atoms with Gasteiger partial charge in [0, 0.05) is 18.8 Å². The van der Waals surface area contributed by atoms with Crippen molar-refractivity contribution in [3.8, 4) is 0 Å². The Balaban J connectivity index is 3.24.